The van der Waals surface area contributed by atoms with E-state index in [9.17, 15) is 14.7 Å². The molecule has 2 fully saturated rings. The zero-order valence-electron chi connectivity index (χ0n) is 19.5. The van der Waals surface area contributed by atoms with Crippen molar-refractivity contribution in [3.05, 3.63) is 35.9 Å². The predicted molar refractivity (Wildman–Crippen MR) is 104 cm³/mol. The van der Waals surface area contributed by atoms with E-state index in [0.29, 0.717) is 12.8 Å². The quantitative estimate of drug-likeness (QED) is 0.853. The van der Waals surface area contributed by atoms with E-state index in [2.05, 4.69) is 0 Å². The summed E-state index contributed by atoms with van der Waals surface area (Å²) >= 11 is 0. The van der Waals surface area contributed by atoms with Crippen molar-refractivity contribution >= 4 is 12.2 Å². The van der Waals surface area contributed by atoms with Crippen molar-refractivity contribution in [1.29, 1.82) is 0 Å². The van der Waals surface area contributed by atoms with E-state index in [-0.39, 0.29) is 19.2 Å². The lowest BCUT2D eigenvalue weighted by Crippen LogP contribution is -2.65. The molecule has 0 aromatic heterocycles. The minimum Gasteiger partial charge on any atom is -0.445 e. The van der Waals surface area contributed by atoms with Gasteiger partial charge in [-0.05, 0) is 46.0 Å². The summed E-state index contributed by atoms with van der Waals surface area (Å²) in [5, 5.41) is 10.7. The highest BCUT2D eigenvalue weighted by molar-refractivity contribution is 5.72. The lowest BCUT2D eigenvalue weighted by Gasteiger charge is -2.47. The van der Waals surface area contributed by atoms with Gasteiger partial charge in [0, 0.05) is 10.7 Å². The summed E-state index contributed by atoms with van der Waals surface area (Å²) in [7, 11) is 0. The Hall–Kier alpha value is -2.28. The molecule has 4 atom stereocenters. The fourth-order valence-electron chi connectivity index (χ4n) is 3.96. The SMILES string of the molecule is [2H]C([2H])([2H])[C@H](O)[C@@H]1[C@@H]2CC[C@H](CN1C(=O)OCc1ccccc1)N2C(=O)OC(C)(C)C. The number of carbonyl (C=O) groups excluding carboxylic acids is 2. The number of nitrogens with zero attached hydrogens (tertiary/aromatic N) is 2. The predicted octanol–water partition coefficient (Wildman–Crippen LogP) is 3.16. The lowest BCUT2D eigenvalue weighted by molar-refractivity contribution is -0.0486. The highest BCUT2D eigenvalue weighted by Crippen LogP contribution is 2.37. The number of likely N-dealkylation sites (tertiary alicyclic amines) is 1. The van der Waals surface area contributed by atoms with Gasteiger partial charge < -0.3 is 14.6 Å². The summed E-state index contributed by atoms with van der Waals surface area (Å²) in [4.78, 5) is 28.5. The summed E-state index contributed by atoms with van der Waals surface area (Å²) < 4.78 is 34.0. The molecule has 154 valence electrons. The van der Waals surface area contributed by atoms with Crippen LogP contribution in [0.4, 0.5) is 9.59 Å². The van der Waals surface area contributed by atoms with Crippen molar-refractivity contribution in [3.63, 3.8) is 0 Å². The second-order valence-electron chi connectivity index (χ2n) is 8.31. The Balaban J connectivity index is 1.83. The van der Waals surface area contributed by atoms with Crippen LogP contribution < -0.4 is 0 Å². The van der Waals surface area contributed by atoms with Crippen molar-refractivity contribution in [3.8, 4) is 0 Å². The number of carbonyl (C=O) groups is 2. The summed E-state index contributed by atoms with van der Waals surface area (Å²) in [6.45, 7) is 2.62. The zero-order valence-corrected chi connectivity index (χ0v) is 16.5. The molecular weight excluding hydrogens is 360 g/mol. The van der Waals surface area contributed by atoms with Gasteiger partial charge in [-0.3, -0.25) is 9.80 Å². The molecule has 0 aliphatic carbocycles. The van der Waals surface area contributed by atoms with Crippen LogP contribution in [0.3, 0.4) is 0 Å². The number of amides is 2. The first kappa shape index (κ1) is 16.7. The van der Waals surface area contributed by atoms with Crippen molar-refractivity contribution in [2.45, 2.75) is 76.9 Å². The van der Waals surface area contributed by atoms with Crippen LogP contribution in [0.5, 0.6) is 0 Å². The van der Waals surface area contributed by atoms with Gasteiger partial charge >= 0.3 is 12.2 Å². The smallest absolute Gasteiger partial charge is 0.410 e. The van der Waals surface area contributed by atoms with Crippen LogP contribution in [0.15, 0.2) is 30.3 Å². The monoisotopic (exact) mass is 393 g/mol. The summed E-state index contributed by atoms with van der Waals surface area (Å²) in [5.74, 6) is 0. The average molecular weight is 393 g/mol. The fraction of sp³-hybridized carbons (Fsp3) is 0.619. The summed E-state index contributed by atoms with van der Waals surface area (Å²) in [5.41, 5.74) is 0.0690. The van der Waals surface area contributed by atoms with Crippen molar-refractivity contribution in [2.24, 2.45) is 0 Å². The number of fused-ring (bicyclic) bond motifs is 2. The Morgan fingerprint density at radius 1 is 1.25 bits per heavy atom. The number of aliphatic hydroxyl groups is 1. The average Bonchev–Trinajstić information content (AvgIpc) is 2.98. The lowest BCUT2D eigenvalue weighted by atomic mass is 9.98. The third-order valence-electron chi connectivity index (χ3n) is 5.08. The molecule has 2 bridgehead atoms. The molecule has 2 aliphatic heterocycles. The summed E-state index contributed by atoms with van der Waals surface area (Å²) in [6.07, 6.45) is -2.07. The number of rotatable bonds is 3. The van der Waals surface area contributed by atoms with Crippen LogP contribution in [-0.4, -0.2) is 63.5 Å². The molecule has 0 radical (unpaired) electrons. The number of hydrogen-bond donors (Lipinski definition) is 1. The van der Waals surface area contributed by atoms with Gasteiger partial charge in [-0.15, -0.1) is 0 Å². The minimum absolute atomic E-state index is 0.0257. The topological polar surface area (TPSA) is 79.3 Å². The van der Waals surface area contributed by atoms with Gasteiger partial charge in [0.05, 0.1) is 24.2 Å². The third kappa shape index (κ3) is 4.41. The maximum Gasteiger partial charge on any atom is 0.410 e. The van der Waals surface area contributed by atoms with E-state index < -0.39 is 42.8 Å². The van der Waals surface area contributed by atoms with Gasteiger partial charge in [0.1, 0.15) is 12.2 Å². The van der Waals surface area contributed by atoms with E-state index in [0.717, 1.165) is 5.56 Å². The Kier molecular flexibility index (Phi) is 4.75. The van der Waals surface area contributed by atoms with Crippen LogP contribution in [0.2, 0.25) is 0 Å². The van der Waals surface area contributed by atoms with Gasteiger partial charge in [-0.25, -0.2) is 9.59 Å². The maximum atomic E-state index is 12.9. The molecule has 7 heteroatoms. The van der Waals surface area contributed by atoms with E-state index in [1.54, 1.807) is 20.8 Å². The third-order valence-corrected chi connectivity index (χ3v) is 5.08. The molecular formula is C21H30N2O5. The van der Waals surface area contributed by atoms with E-state index in [1.807, 2.05) is 30.3 Å². The van der Waals surface area contributed by atoms with Crippen LogP contribution in [0, 0.1) is 0 Å². The second kappa shape index (κ2) is 7.99. The highest BCUT2D eigenvalue weighted by atomic mass is 16.6. The molecule has 1 aromatic carbocycles. The first-order valence-electron chi connectivity index (χ1n) is 11.0. The van der Waals surface area contributed by atoms with Gasteiger partial charge in [-0.1, -0.05) is 30.3 Å². The zero-order chi connectivity index (χ0) is 23.0. The van der Waals surface area contributed by atoms with Gasteiger partial charge in [0.2, 0.25) is 0 Å². The van der Waals surface area contributed by atoms with Gasteiger partial charge in [0.15, 0.2) is 0 Å². The van der Waals surface area contributed by atoms with E-state index >= 15 is 0 Å². The fourth-order valence-corrected chi connectivity index (χ4v) is 3.96. The Morgan fingerprint density at radius 2 is 1.96 bits per heavy atom. The molecule has 2 saturated heterocycles. The molecule has 0 saturated carbocycles. The number of ether oxygens (including phenoxy) is 2. The normalized spacial score (nSPS) is 27.4. The largest absolute Gasteiger partial charge is 0.445 e. The molecule has 7 nitrogen and oxygen atoms in total. The molecule has 3 rings (SSSR count). The van der Waals surface area contributed by atoms with Crippen molar-refractivity contribution in [2.75, 3.05) is 6.54 Å². The first-order chi connectivity index (χ1) is 14.4. The van der Waals surface area contributed by atoms with Crippen molar-refractivity contribution < 1.29 is 28.3 Å². The number of aliphatic hydroxyl groups excluding tert-OH is 1. The molecule has 1 N–H and O–H groups in total. The highest BCUT2D eigenvalue weighted by Gasteiger charge is 2.52. The van der Waals surface area contributed by atoms with Crippen molar-refractivity contribution in [1.82, 2.24) is 9.80 Å². The standard InChI is InChI=1S/C21H30N2O5/c1-14(24)18-17-11-10-16(23(17)20(26)28-21(2,3)4)12-22(18)19(25)27-13-15-8-6-5-7-9-15/h5-9,14,16-18,24H,10-13H2,1-4H3/t14-,16+,17-,18+/m0/s1/i1D3. The van der Waals surface area contributed by atoms with E-state index in [1.165, 1.54) is 9.80 Å². The van der Waals surface area contributed by atoms with Crippen LogP contribution in [-0.2, 0) is 16.1 Å². The molecule has 1 aromatic rings. The van der Waals surface area contributed by atoms with Crippen LogP contribution in [0.1, 0.15) is 50.1 Å². The number of piperazine rings is 1. The van der Waals surface area contributed by atoms with Gasteiger partial charge in [0.25, 0.3) is 0 Å². The molecule has 28 heavy (non-hydrogen) atoms. The second-order valence-corrected chi connectivity index (χ2v) is 8.31. The van der Waals surface area contributed by atoms with Crippen LogP contribution >= 0.6 is 0 Å². The summed E-state index contributed by atoms with van der Waals surface area (Å²) in [6, 6.07) is 6.99. The Morgan fingerprint density at radius 3 is 2.61 bits per heavy atom. The molecule has 2 heterocycles. The minimum atomic E-state index is -2.72. The van der Waals surface area contributed by atoms with Gasteiger partial charge in [-0.2, -0.15) is 0 Å². The Bertz CT molecular complexity index is 796. The van der Waals surface area contributed by atoms with E-state index in [4.69, 9.17) is 13.6 Å². The maximum absolute atomic E-state index is 12.9. The van der Waals surface area contributed by atoms with Crippen LogP contribution in [0.25, 0.3) is 0 Å². The first-order valence-corrected chi connectivity index (χ1v) is 9.55. The number of benzene rings is 1. The molecule has 2 aliphatic rings. The number of hydrogen-bond acceptors (Lipinski definition) is 5. The molecule has 2 amide bonds. The molecule has 0 unspecified atom stereocenters. The Labute approximate surface area is 170 Å². The molecule has 0 spiro atoms.